The zero-order valence-corrected chi connectivity index (χ0v) is 13.0. The number of aliphatic hydroxyl groups is 1. The first-order valence-corrected chi connectivity index (χ1v) is 7.88. The zero-order chi connectivity index (χ0) is 14.8. The molecule has 1 fully saturated rings. The van der Waals surface area contributed by atoms with E-state index in [1.54, 1.807) is 0 Å². The Bertz CT molecular complexity index is 401. The Morgan fingerprint density at radius 1 is 1.05 bits per heavy atom. The molecule has 1 aliphatic carbocycles. The summed E-state index contributed by atoms with van der Waals surface area (Å²) in [5, 5.41) is 10.6. The lowest BCUT2D eigenvalue weighted by Gasteiger charge is -2.39. The summed E-state index contributed by atoms with van der Waals surface area (Å²) in [5.41, 5.74) is 7.67. The van der Waals surface area contributed by atoms with Crippen molar-refractivity contribution in [3.63, 3.8) is 0 Å². The average Bonchev–Trinajstić information content (AvgIpc) is 2.46. The van der Waals surface area contributed by atoms with Crippen molar-refractivity contribution in [3.05, 3.63) is 35.9 Å². The largest absolute Gasteiger partial charge is 0.391 e. The summed E-state index contributed by atoms with van der Waals surface area (Å²) < 4.78 is 0. The minimum absolute atomic E-state index is 0.257. The molecule has 20 heavy (non-hydrogen) atoms. The first-order valence-electron chi connectivity index (χ1n) is 7.88. The molecule has 0 aliphatic heterocycles. The van der Waals surface area contributed by atoms with E-state index in [4.69, 9.17) is 5.73 Å². The fourth-order valence-corrected chi connectivity index (χ4v) is 3.49. The van der Waals surface area contributed by atoms with E-state index in [1.165, 1.54) is 12.8 Å². The van der Waals surface area contributed by atoms with E-state index >= 15 is 0 Å². The van der Waals surface area contributed by atoms with Gasteiger partial charge in [-0.3, -0.25) is 0 Å². The van der Waals surface area contributed by atoms with Crippen LogP contribution in [0.2, 0.25) is 0 Å². The van der Waals surface area contributed by atoms with Gasteiger partial charge in [0, 0.05) is 0 Å². The van der Waals surface area contributed by atoms with E-state index in [2.05, 4.69) is 20.8 Å². The van der Waals surface area contributed by atoms with Gasteiger partial charge in [-0.05, 0) is 48.5 Å². The molecule has 1 aliphatic rings. The predicted molar refractivity (Wildman–Crippen MR) is 84.3 cm³/mol. The predicted octanol–water partition coefficient (Wildman–Crippen LogP) is 3.90. The molecular weight excluding hydrogens is 246 g/mol. The summed E-state index contributed by atoms with van der Waals surface area (Å²) >= 11 is 0. The number of aliphatic hydroxyl groups excluding tert-OH is 1. The maximum Gasteiger partial charge on any atom is 0.0760 e. The van der Waals surface area contributed by atoms with Crippen LogP contribution in [0.1, 0.15) is 58.1 Å². The normalized spacial score (nSPS) is 27.1. The fourth-order valence-electron chi connectivity index (χ4n) is 3.49. The third-order valence-corrected chi connectivity index (χ3v) is 5.03. The van der Waals surface area contributed by atoms with Gasteiger partial charge in [0.1, 0.15) is 0 Å². The minimum Gasteiger partial charge on any atom is -0.391 e. The van der Waals surface area contributed by atoms with Gasteiger partial charge in [0.2, 0.25) is 0 Å². The Balaban J connectivity index is 1.93. The van der Waals surface area contributed by atoms with Gasteiger partial charge >= 0.3 is 0 Å². The highest BCUT2D eigenvalue weighted by molar-refractivity contribution is 5.19. The number of nitrogens with two attached hydrogens (primary N) is 1. The smallest absolute Gasteiger partial charge is 0.0760 e. The van der Waals surface area contributed by atoms with Crippen LogP contribution < -0.4 is 5.73 Å². The van der Waals surface area contributed by atoms with Crippen LogP contribution in [0.25, 0.3) is 0 Å². The summed E-state index contributed by atoms with van der Waals surface area (Å²) in [6, 6.07) is 9.71. The third-order valence-electron chi connectivity index (χ3n) is 5.03. The molecular formula is C18H29NO. The van der Waals surface area contributed by atoms with Crippen LogP contribution in [0.4, 0.5) is 0 Å². The molecule has 0 radical (unpaired) electrons. The second-order valence-corrected chi connectivity index (χ2v) is 7.40. The van der Waals surface area contributed by atoms with Crippen LogP contribution in [-0.4, -0.2) is 11.2 Å². The number of benzene rings is 1. The number of hydrogen-bond donors (Lipinski definition) is 2. The van der Waals surface area contributed by atoms with Gasteiger partial charge in [0.25, 0.3) is 0 Å². The van der Waals surface area contributed by atoms with Gasteiger partial charge in [-0.15, -0.1) is 0 Å². The first-order chi connectivity index (χ1) is 9.39. The van der Waals surface area contributed by atoms with Gasteiger partial charge in [0.15, 0.2) is 0 Å². The van der Waals surface area contributed by atoms with E-state index in [-0.39, 0.29) is 6.04 Å². The molecule has 0 saturated heterocycles. The standard InChI is InChI=1S/C18H29NO/c1-18(2,3)15-11-9-14(10-12-15)17(20)16(19)13-7-5-4-6-8-13/h4-8,14-17,20H,9-12,19H2,1-3H3. The minimum atomic E-state index is -0.418. The number of rotatable bonds is 3. The molecule has 0 aromatic heterocycles. The summed E-state index contributed by atoms with van der Waals surface area (Å²) in [5.74, 6) is 1.13. The Labute approximate surface area is 123 Å². The maximum absolute atomic E-state index is 10.6. The lowest BCUT2D eigenvalue weighted by atomic mass is 9.68. The summed E-state index contributed by atoms with van der Waals surface area (Å²) in [6.45, 7) is 6.97. The van der Waals surface area contributed by atoms with E-state index in [1.807, 2.05) is 30.3 Å². The van der Waals surface area contributed by atoms with Crippen molar-refractivity contribution >= 4 is 0 Å². The Hall–Kier alpha value is -0.860. The molecule has 2 nitrogen and oxygen atoms in total. The van der Waals surface area contributed by atoms with Crippen LogP contribution >= 0.6 is 0 Å². The van der Waals surface area contributed by atoms with Crippen molar-refractivity contribution in [2.75, 3.05) is 0 Å². The van der Waals surface area contributed by atoms with Crippen LogP contribution in [0.3, 0.4) is 0 Å². The van der Waals surface area contributed by atoms with Crippen molar-refractivity contribution in [1.82, 2.24) is 0 Å². The molecule has 2 heteroatoms. The van der Waals surface area contributed by atoms with Crippen LogP contribution in [-0.2, 0) is 0 Å². The van der Waals surface area contributed by atoms with Crippen LogP contribution in [0.15, 0.2) is 30.3 Å². The molecule has 1 aromatic rings. The highest BCUT2D eigenvalue weighted by Gasteiger charge is 2.34. The Morgan fingerprint density at radius 2 is 1.60 bits per heavy atom. The molecule has 2 rings (SSSR count). The van der Waals surface area contributed by atoms with Gasteiger partial charge < -0.3 is 10.8 Å². The van der Waals surface area contributed by atoms with Gasteiger partial charge in [-0.2, -0.15) is 0 Å². The van der Waals surface area contributed by atoms with Gasteiger partial charge in [-0.1, -0.05) is 51.1 Å². The summed E-state index contributed by atoms with van der Waals surface area (Å²) in [7, 11) is 0. The van der Waals surface area contributed by atoms with Gasteiger partial charge in [0.05, 0.1) is 12.1 Å². The summed E-state index contributed by atoms with van der Waals surface area (Å²) in [6.07, 6.45) is 4.21. The van der Waals surface area contributed by atoms with Crippen molar-refractivity contribution in [2.24, 2.45) is 23.0 Å². The Morgan fingerprint density at radius 3 is 2.10 bits per heavy atom. The average molecular weight is 275 g/mol. The molecule has 0 spiro atoms. The second kappa shape index (κ2) is 6.28. The molecule has 0 amide bonds. The SMILES string of the molecule is CC(C)(C)C1CCC(C(O)C(N)c2ccccc2)CC1. The molecule has 0 heterocycles. The number of hydrogen-bond acceptors (Lipinski definition) is 2. The highest BCUT2D eigenvalue weighted by atomic mass is 16.3. The first kappa shape index (κ1) is 15.5. The monoisotopic (exact) mass is 275 g/mol. The zero-order valence-electron chi connectivity index (χ0n) is 13.0. The van der Waals surface area contributed by atoms with E-state index < -0.39 is 6.10 Å². The maximum atomic E-state index is 10.6. The van der Waals surface area contributed by atoms with Crippen molar-refractivity contribution in [2.45, 2.75) is 58.6 Å². The Kier molecular flexibility index (Phi) is 4.87. The second-order valence-electron chi connectivity index (χ2n) is 7.40. The quantitative estimate of drug-likeness (QED) is 0.879. The topological polar surface area (TPSA) is 46.2 Å². The lowest BCUT2D eigenvalue weighted by Crippen LogP contribution is -2.36. The van der Waals surface area contributed by atoms with E-state index in [0.29, 0.717) is 11.3 Å². The molecule has 1 aromatic carbocycles. The van der Waals surface area contributed by atoms with E-state index in [9.17, 15) is 5.11 Å². The van der Waals surface area contributed by atoms with Crippen molar-refractivity contribution < 1.29 is 5.11 Å². The highest BCUT2D eigenvalue weighted by Crippen LogP contribution is 2.41. The molecule has 3 N–H and O–H groups in total. The molecule has 0 bridgehead atoms. The molecule has 112 valence electrons. The van der Waals surface area contributed by atoms with Crippen molar-refractivity contribution in [3.8, 4) is 0 Å². The van der Waals surface area contributed by atoms with Crippen LogP contribution in [0.5, 0.6) is 0 Å². The van der Waals surface area contributed by atoms with E-state index in [0.717, 1.165) is 24.3 Å². The van der Waals surface area contributed by atoms with Gasteiger partial charge in [-0.25, -0.2) is 0 Å². The fraction of sp³-hybridized carbons (Fsp3) is 0.667. The molecule has 2 atom stereocenters. The van der Waals surface area contributed by atoms with Crippen molar-refractivity contribution in [1.29, 1.82) is 0 Å². The molecule has 2 unspecified atom stereocenters. The third kappa shape index (κ3) is 3.62. The lowest BCUT2D eigenvalue weighted by molar-refractivity contribution is 0.0367. The van der Waals surface area contributed by atoms with Crippen LogP contribution in [0, 0.1) is 17.3 Å². The summed E-state index contributed by atoms with van der Waals surface area (Å²) in [4.78, 5) is 0. The molecule has 1 saturated carbocycles.